The molecule has 160 valence electrons. The third-order valence-electron chi connectivity index (χ3n) is 6.06. The van der Waals surface area contributed by atoms with Crippen LogP contribution in [-0.4, -0.2) is 41.3 Å². The maximum atomic E-state index is 13.2. The molecule has 3 heterocycles. The summed E-state index contributed by atoms with van der Waals surface area (Å²) in [7, 11) is 0. The number of fused-ring (bicyclic) bond motifs is 1. The maximum absolute atomic E-state index is 13.2. The number of carbonyl (C=O) groups is 2. The summed E-state index contributed by atoms with van der Waals surface area (Å²) in [6.07, 6.45) is 2.08. The quantitative estimate of drug-likeness (QED) is 0.688. The van der Waals surface area contributed by atoms with Gasteiger partial charge in [-0.05, 0) is 23.3 Å². The molecule has 2 aromatic rings. The molecule has 0 aromatic heterocycles. The first kappa shape index (κ1) is 20.4. The Morgan fingerprint density at radius 2 is 1.81 bits per heavy atom. The molecule has 5 rings (SSSR count). The molecule has 3 aliphatic rings. The first-order chi connectivity index (χ1) is 15.0. The number of nitrogens with zero attached hydrogens (tertiary/aromatic N) is 1. The number of nitrogens with one attached hydrogen (secondary N) is 1. The van der Waals surface area contributed by atoms with Crippen LogP contribution in [0.15, 0.2) is 60.7 Å². The van der Waals surface area contributed by atoms with Gasteiger partial charge in [0.15, 0.2) is 0 Å². The molecule has 2 aromatic carbocycles. The molecule has 2 saturated heterocycles. The fraction of sp³-hybridized carbons (Fsp3) is 0.304. The molecule has 4 unspecified atom stereocenters. The summed E-state index contributed by atoms with van der Waals surface area (Å²) < 4.78 is 11.8. The third-order valence-corrected chi connectivity index (χ3v) is 6.80. The molecule has 0 aliphatic carbocycles. The Labute approximate surface area is 189 Å². The molecule has 2 amide bonds. The standard InChI is InChI=1S/C23H20Cl2N2O4/c24-16-7-3-1-5-14(16)11-26-22(29)30-20-18-9-10-23(31-18)13-27(21(28)19(20)23)12-15-6-2-4-8-17(15)25/h1-10,18-20H,11-13H2,(H,26,29). The van der Waals surface area contributed by atoms with E-state index in [0.717, 1.165) is 11.1 Å². The van der Waals surface area contributed by atoms with Crippen LogP contribution < -0.4 is 5.32 Å². The molecule has 0 radical (unpaired) electrons. The van der Waals surface area contributed by atoms with Crippen molar-refractivity contribution in [3.8, 4) is 0 Å². The molecule has 2 fully saturated rings. The van der Waals surface area contributed by atoms with Crippen LogP contribution in [0, 0.1) is 5.92 Å². The SMILES string of the molecule is O=C(NCc1ccccc1Cl)OC1C2C=CC3(CN(Cc4ccccc4Cl)C(=O)C13)O2. The van der Waals surface area contributed by atoms with Crippen molar-refractivity contribution in [1.29, 1.82) is 0 Å². The fourth-order valence-corrected chi connectivity index (χ4v) is 5.00. The van der Waals surface area contributed by atoms with Crippen molar-refractivity contribution in [3.63, 3.8) is 0 Å². The summed E-state index contributed by atoms with van der Waals surface area (Å²) in [5.74, 6) is -0.674. The van der Waals surface area contributed by atoms with Crippen LogP contribution in [0.3, 0.4) is 0 Å². The van der Waals surface area contributed by atoms with Crippen LogP contribution in [0.2, 0.25) is 10.0 Å². The average Bonchev–Trinajstić information content (AvgIpc) is 3.38. The highest BCUT2D eigenvalue weighted by Crippen LogP contribution is 2.50. The number of hydrogen-bond donors (Lipinski definition) is 1. The van der Waals surface area contributed by atoms with Crippen LogP contribution >= 0.6 is 23.2 Å². The fourth-order valence-electron chi connectivity index (χ4n) is 4.60. The zero-order valence-electron chi connectivity index (χ0n) is 16.5. The van der Waals surface area contributed by atoms with Gasteiger partial charge in [-0.1, -0.05) is 71.8 Å². The minimum atomic E-state index is -0.767. The predicted octanol–water partition coefficient (Wildman–Crippen LogP) is 3.95. The zero-order valence-corrected chi connectivity index (χ0v) is 18.0. The van der Waals surface area contributed by atoms with E-state index in [1.165, 1.54) is 0 Å². The second kappa shape index (κ2) is 7.86. The Morgan fingerprint density at radius 1 is 1.13 bits per heavy atom. The van der Waals surface area contributed by atoms with E-state index >= 15 is 0 Å². The van der Waals surface area contributed by atoms with Crippen LogP contribution in [0.1, 0.15) is 11.1 Å². The van der Waals surface area contributed by atoms with Gasteiger partial charge in [0.25, 0.3) is 0 Å². The average molecular weight is 459 g/mol. The summed E-state index contributed by atoms with van der Waals surface area (Å²) >= 11 is 12.4. The maximum Gasteiger partial charge on any atom is 0.407 e. The molecular formula is C23H20Cl2N2O4. The Morgan fingerprint density at radius 3 is 2.52 bits per heavy atom. The van der Waals surface area contributed by atoms with Crippen LogP contribution in [0.4, 0.5) is 4.79 Å². The van der Waals surface area contributed by atoms with Crippen LogP contribution in [0.5, 0.6) is 0 Å². The third kappa shape index (κ3) is 3.59. The van der Waals surface area contributed by atoms with Gasteiger partial charge >= 0.3 is 6.09 Å². The number of alkyl carbamates (subject to hydrolysis) is 1. The van der Waals surface area contributed by atoms with E-state index in [2.05, 4.69) is 5.32 Å². The van der Waals surface area contributed by atoms with Crippen molar-refractivity contribution in [3.05, 3.63) is 81.9 Å². The van der Waals surface area contributed by atoms with Gasteiger partial charge in [0, 0.05) is 23.1 Å². The number of likely N-dealkylation sites (tertiary alicyclic amines) is 1. The summed E-state index contributed by atoms with van der Waals surface area (Å²) in [5.41, 5.74) is 0.878. The van der Waals surface area contributed by atoms with Crippen molar-refractivity contribution >= 4 is 35.2 Å². The number of halogens is 2. The number of rotatable bonds is 5. The molecule has 4 atom stereocenters. The lowest BCUT2D eigenvalue weighted by Crippen LogP contribution is -2.43. The molecule has 3 aliphatic heterocycles. The second-order valence-electron chi connectivity index (χ2n) is 7.97. The number of ether oxygens (including phenoxy) is 2. The van der Waals surface area contributed by atoms with Gasteiger partial charge in [0.1, 0.15) is 23.7 Å². The Hall–Kier alpha value is -2.54. The molecular weight excluding hydrogens is 439 g/mol. The Bertz CT molecular complexity index is 1080. The molecule has 1 spiro atoms. The van der Waals surface area contributed by atoms with Gasteiger partial charge in [-0.15, -0.1) is 0 Å². The van der Waals surface area contributed by atoms with Crippen LogP contribution in [0.25, 0.3) is 0 Å². The second-order valence-corrected chi connectivity index (χ2v) is 8.79. The van der Waals surface area contributed by atoms with Gasteiger partial charge in [0.05, 0.1) is 6.54 Å². The van der Waals surface area contributed by atoms with Gasteiger partial charge in [-0.25, -0.2) is 4.79 Å². The first-order valence-electron chi connectivity index (χ1n) is 10.0. The van der Waals surface area contributed by atoms with Crippen molar-refractivity contribution in [2.75, 3.05) is 6.54 Å². The van der Waals surface area contributed by atoms with Crippen molar-refractivity contribution in [1.82, 2.24) is 10.2 Å². The lowest BCUT2D eigenvalue weighted by atomic mass is 9.83. The smallest absolute Gasteiger partial charge is 0.407 e. The van der Waals surface area contributed by atoms with Gasteiger partial charge in [-0.3, -0.25) is 4.79 Å². The zero-order chi connectivity index (χ0) is 21.6. The van der Waals surface area contributed by atoms with Gasteiger partial charge in [-0.2, -0.15) is 0 Å². The molecule has 0 saturated carbocycles. The minimum absolute atomic E-state index is 0.101. The summed E-state index contributed by atoms with van der Waals surface area (Å²) in [6.45, 7) is 1.01. The number of amides is 2. The first-order valence-corrected chi connectivity index (χ1v) is 10.8. The lowest BCUT2D eigenvalue weighted by molar-refractivity contribution is -0.134. The highest BCUT2D eigenvalue weighted by Gasteiger charge is 2.66. The highest BCUT2D eigenvalue weighted by atomic mass is 35.5. The van der Waals surface area contributed by atoms with E-state index in [1.807, 2.05) is 48.6 Å². The number of carbonyl (C=O) groups excluding carboxylic acids is 2. The van der Waals surface area contributed by atoms with E-state index in [4.69, 9.17) is 32.7 Å². The van der Waals surface area contributed by atoms with Crippen LogP contribution in [-0.2, 0) is 27.4 Å². The van der Waals surface area contributed by atoms with E-state index < -0.39 is 29.8 Å². The predicted molar refractivity (Wildman–Crippen MR) is 116 cm³/mol. The Kier molecular flexibility index (Phi) is 5.16. The van der Waals surface area contributed by atoms with Gasteiger partial charge in [0.2, 0.25) is 5.91 Å². The normalized spacial score (nSPS) is 28.1. The van der Waals surface area contributed by atoms with Crippen molar-refractivity contribution in [2.24, 2.45) is 5.92 Å². The van der Waals surface area contributed by atoms with E-state index in [9.17, 15) is 9.59 Å². The summed E-state index contributed by atoms with van der Waals surface area (Å²) in [4.78, 5) is 27.4. The van der Waals surface area contributed by atoms with E-state index in [-0.39, 0.29) is 12.5 Å². The lowest BCUT2D eigenvalue weighted by Gasteiger charge is -2.24. The minimum Gasteiger partial charge on any atom is -0.442 e. The number of hydrogen-bond acceptors (Lipinski definition) is 4. The van der Waals surface area contributed by atoms with Gasteiger partial charge < -0.3 is 19.7 Å². The summed E-state index contributed by atoms with van der Waals surface area (Å²) in [5, 5.41) is 3.88. The molecule has 1 N–H and O–H groups in total. The van der Waals surface area contributed by atoms with Crippen molar-refractivity contribution in [2.45, 2.75) is 30.9 Å². The Balaban J connectivity index is 1.28. The molecule has 8 heteroatoms. The van der Waals surface area contributed by atoms with Crippen molar-refractivity contribution < 1.29 is 19.1 Å². The highest BCUT2D eigenvalue weighted by molar-refractivity contribution is 6.31. The molecule has 31 heavy (non-hydrogen) atoms. The topological polar surface area (TPSA) is 67.9 Å². The number of benzene rings is 2. The van der Waals surface area contributed by atoms with E-state index in [0.29, 0.717) is 23.1 Å². The summed E-state index contributed by atoms with van der Waals surface area (Å²) in [6, 6.07) is 14.7. The van der Waals surface area contributed by atoms with E-state index in [1.54, 1.807) is 17.0 Å². The molecule has 2 bridgehead atoms. The molecule has 6 nitrogen and oxygen atoms in total. The monoisotopic (exact) mass is 458 g/mol. The largest absolute Gasteiger partial charge is 0.442 e.